The first kappa shape index (κ1) is 17.4. The molecule has 0 spiro atoms. The summed E-state index contributed by atoms with van der Waals surface area (Å²) in [6.45, 7) is 1.69. The molecule has 0 aliphatic rings. The van der Waals surface area contributed by atoms with Crippen molar-refractivity contribution in [1.82, 2.24) is 4.98 Å². The SMILES string of the molecule is Cc1nc(N(C)S(C)(=O)=O)sc1C(=O)Nc1cccc2ccccc12. The molecule has 1 N–H and O–H groups in total. The molecule has 6 nitrogen and oxygen atoms in total. The molecule has 0 saturated carbocycles. The van der Waals surface area contributed by atoms with Crippen molar-refractivity contribution in [3.63, 3.8) is 0 Å². The molecule has 0 radical (unpaired) electrons. The summed E-state index contributed by atoms with van der Waals surface area (Å²) in [5.41, 5.74) is 1.20. The predicted octanol–water partition coefficient (Wildman–Crippen LogP) is 3.25. The van der Waals surface area contributed by atoms with Gasteiger partial charge in [0.2, 0.25) is 10.0 Å². The molecule has 0 bridgehead atoms. The Bertz CT molecular complexity index is 1050. The summed E-state index contributed by atoms with van der Waals surface area (Å²) in [6, 6.07) is 13.4. The van der Waals surface area contributed by atoms with Crippen molar-refractivity contribution in [2.45, 2.75) is 6.92 Å². The fourth-order valence-electron chi connectivity index (χ4n) is 2.38. The van der Waals surface area contributed by atoms with Gasteiger partial charge in [-0.3, -0.25) is 4.79 Å². The Morgan fingerprint density at radius 1 is 1.16 bits per heavy atom. The van der Waals surface area contributed by atoms with Crippen molar-refractivity contribution >= 4 is 48.9 Å². The maximum atomic E-state index is 12.7. The highest BCUT2D eigenvalue weighted by molar-refractivity contribution is 7.92. The Labute approximate surface area is 150 Å². The zero-order valence-electron chi connectivity index (χ0n) is 14.0. The van der Waals surface area contributed by atoms with Crippen LogP contribution < -0.4 is 9.62 Å². The molecule has 0 aliphatic heterocycles. The second kappa shape index (κ2) is 6.45. The highest BCUT2D eigenvalue weighted by Gasteiger charge is 2.21. The molecule has 1 heterocycles. The monoisotopic (exact) mass is 375 g/mol. The molecule has 2 aromatic carbocycles. The molecule has 1 aromatic heterocycles. The molecule has 130 valence electrons. The van der Waals surface area contributed by atoms with Crippen molar-refractivity contribution in [1.29, 1.82) is 0 Å². The zero-order chi connectivity index (χ0) is 18.2. The first-order valence-corrected chi connectivity index (χ1v) is 10.1. The van der Waals surface area contributed by atoms with Gasteiger partial charge in [0.25, 0.3) is 5.91 Å². The molecule has 25 heavy (non-hydrogen) atoms. The molecule has 0 fully saturated rings. The predicted molar refractivity (Wildman–Crippen MR) is 102 cm³/mol. The fraction of sp³-hybridized carbons (Fsp3) is 0.176. The van der Waals surface area contributed by atoms with Gasteiger partial charge in [0.05, 0.1) is 11.9 Å². The van der Waals surface area contributed by atoms with Crippen LogP contribution in [0.25, 0.3) is 10.8 Å². The normalized spacial score (nSPS) is 11.5. The summed E-state index contributed by atoms with van der Waals surface area (Å²) >= 11 is 1.05. The quantitative estimate of drug-likeness (QED) is 0.759. The molecule has 0 atom stereocenters. The third-order valence-electron chi connectivity index (χ3n) is 3.80. The third-order valence-corrected chi connectivity index (χ3v) is 6.31. The molecule has 1 amide bonds. The van der Waals surface area contributed by atoms with Gasteiger partial charge in [0.1, 0.15) is 4.88 Å². The maximum Gasteiger partial charge on any atom is 0.267 e. The molecule has 3 rings (SSSR count). The third kappa shape index (κ3) is 3.49. The maximum absolute atomic E-state index is 12.7. The van der Waals surface area contributed by atoms with E-state index in [2.05, 4.69) is 10.3 Å². The molecule has 0 unspecified atom stereocenters. The molecule has 0 saturated heterocycles. The van der Waals surface area contributed by atoms with Gasteiger partial charge in [-0.05, 0) is 18.4 Å². The molecular formula is C17H17N3O3S2. The number of amides is 1. The van der Waals surface area contributed by atoms with Crippen molar-refractivity contribution < 1.29 is 13.2 Å². The minimum absolute atomic E-state index is 0.267. The fourth-order valence-corrected chi connectivity index (χ4v) is 4.06. The first-order chi connectivity index (χ1) is 11.8. The number of aryl methyl sites for hydroxylation is 1. The Morgan fingerprint density at radius 3 is 2.56 bits per heavy atom. The van der Waals surface area contributed by atoms with Gasteiger partial charge in [-0.25, -0.2) is 17.7 Å². The van der Waals surface area contributed by atoms with Crippen LogP contribution in [0.15, 0.2) is 42.5 Å². The van der Waals surface area contributed by atoms with Crippen LogP contribution in [0, 0.1) is 6.92 Å². The summed E-state index contributed by atoms with van der Waals surface area (Å²) in [4.78, 5) is 17.2. The minimum Gasteiger partial charge on any atom is -0.321 e. The van der Waals surface area contributed by atoms with Gasteiger partial charge in [-0.2, -0.15) is 0 Å². The van der Waals surface area contributed by atoms with E-state index in [0.29, 0.717) is 16.3 Å². The smallest absolute Gasteiger partial charge is 0.267 e. The van der Waals surface area contributed by atoms with Gasteiger partial charge in [-0.15, -0.1) is 0 Å². The van der Waals surface area contributed by atoms with Crippen molar-refractivity contribution in [2.75, 3.05) is 22.9 Å². The minimum atomic E-state index is -3.42. The number of carbonyl (C=O) groups excluding carboxylic acids is 1. The van der Waals surface area contributed by atoms with Crippen LogP contribution in [0.1, 0.15) is 15.4 Å². The van der Waals surface area contributed by atoms with Gasteiger partial charge in [0.15, 0.2) is 5.13 Å². The number of anilines is 2. The van der Waals surface area contributed by atoms with Gasteiger partial charge < -0.3 is 5.32 Å². The molecule has 8 heteroatoms. The Kier molecular flexibility index (Phi) is 4.49. The lowest BCUT2D eigenvalue weighted by Crippen LogP contribution is -2.24. The highest BCUT2D eigenvalue weighted by Crippen LogP contribution is 2.29. The van der Waals surface area contributed by atoms with Crippen LogP contribution in [0.3, 0.4) is 0 Å². The van der Waals surface area contributed by atoms with Crippen LogP contribution in [-0.2, 0) is 10.0 Å². The van der Waals surface area contributed by atoms with E-state index in [4.69, 9.17) is 0 Å². The summed E-state index contributed by atoms with van der Waals surface area (Å²) in [5, 5.41) is 5.13. The number of nitrogens with zero attached hydrogens (tertiary/aromatic N) is 2. The van der Waals surface area contributed by atoms with E-state index in [1.54, 1.807) is 6.92 Å². The number of hydrogen-bond donors (Lipinski definition) is 1. The van der Waals surface area contributed by atoms with Crippen LogP contribution in [0.2, 0.25) is 0 Å². The first-order valence-electron chi connectivity index (χ1n) is 7.48. The number of thiazole rings is 1. The lowest BCUT2D eigenvalue weighted by Gasteiger charge is -2.11. The number of nitrogens with one attached hydrogen (secondary N) is 1. The number of fused-ring (bicyclic) bond motifs is 1. The summed E-state index contributed by atoms with van der Waals surface area (Å²) in [6.07, 6.45) is 1.10. The van der Waals surface area contributed by atoms with E-state index in [9.17, 15) is 13.2 Å². The van der Waals surface area contributed by atoms with Crippen molar-refractivity contribution in [3.05, 3.63) is 53.0 Å². The molecule has 0 aliphatic carbocycles. The van der Waals surface area contributed by atoms with Crippen LogP contribution in [0.5, 0.6) is 0 Å². The lowest BCUT2D eigenvalue weighted by molar-refractivity contribution is 0.103. The molecule has 3 aromatic rings. The summed E-state index contributed by atoms with van der Waals surface area (Å²) < 4.78 is 24.4. The van der Waals surface area contributed by atoms with Crippen LogP contribution >= 0.6 is 11.3 Å². The van der Waals surface area contributed by atoms with Crippen molar-refractivity contribution in [2.24, 2.45) is 0 Å². The number of carbonyl (C=O) groups is 1. The highest BCUT2D eigenvalue weighted by atomic mass is 32.2. The Balaban J connectivity index is 1.93. The second-order valence-electron chi connectivity index (χ2n) is 5.62. The number of hydrogen-bond acceptors (Lipinski definition) is 5. The van der Waals surface area contributed by atoms with Gasteiger partial charge >= 0.3 is 0 Å². The molecular weight excluding hydrogens is 358 g/mol. The zero-order valence-corrected chi connectivity index (χ0v) is 15.6. The van der Waals surface area contributed by atoms with Crippen LogP contribution in [-0.4, -0.2) is 32.6 Å². The number of rotatable bonds is 4. The van der Waals surface area contributed by atoms with E-state index >= 15 is 0 Å². The summed E-state index contributed by atoms with van der Waals surface area (Å²) in [5.74, 6) is -0.306. The van der Waals surface area contributed by atoms with E-state index < -0.39 is 10.0 Å². The Morgan fingerprint density at radius 2 is 1.84 bits per heavy atom. The summed E-state index contributed by atoms with van der Waals surface area (Å²) in [7, 11) is -2.01. The standard InChI is InChI=1S/C17H17N3O3S2/c1-11-15(24-17(18-11)20(2)25(3,22)23)16(21)19-14-10-6-8-12-7-4-5-9-13(12)14/h4-10H,1-3H3,(H,19,21). The average Bonchev–Trinajstić information content (AvgIpc) is 2.95. The van der Waals surface area contributed by atoms with Gasteiger partial charge in [-0.1, -0.05) is 47.7 Å². The number of sulfonamides is 1. The average molecular weight is 375 g/mol. The Hall–Kier alpha value is -2.45. The second-order valence-corrected chi connectivity index (χ2v) is 8.61. The van der Waals surface area contributed by atoms with Gasteiger partial charge in [0, 0.05) is 18.1 Å². The number of benzene rings is 2. The van der Waals surface area contributed by atoms with E-state index in [1.807, 2.05) is 42.5 Å². The lowest BCUT2D eigenvalue weighted by atomic mass is 10.1. The topological polar surface area (TPSA) is 79.4 Å². The van der Waals surface area contributed by atoms with Crippen LogP contribution in [0.4, 0.5) is 10.8 Å². The number of aromatic nitrogens is 1. The van der Waals surface area contributed by atoms with E-state index in [0.717, 1.165) is 32.7 Å². The van der Waals surface area contributed by atoms with Crippen molar-refractivity contribution in [3.8, 4) is 0 Å². The van der Waals surface area contributed by atoms with E-state index in [-0.39, 0.29) is 11.0 Å². The largest absolute Gasteiger partial charge is 0.321 e. The van der Waals surface area contributed by atoms with E-state index in [1.165, 1.54) is 7.05 Å².